The molecule has 1 aromatic carbocycles. The van der Waals surface area contributed by atoms with Crippen LogP contribution in [-0.2, 0) is 6.54 Å². The molecule has 8 nitrogen and oxygen atoms in total. The fourth-order valence-corrected chi connectivity index (χ4v) is 3.94. The lowest BCUT2D eigenvalue weighted by atomic mass is 10.1. The summed E-state index contributed by atoms with van der Waals surface area (Å²) in [6, 6.07) is 6.43. The van der Waals surface area contributed by atoms with E-state index < -0.39 is 28.6 Å². The molecule has 3 aromatic rings. The van der Waals surface area contributed by atoms with E-state index in [1.54, 1.807) is 11.8 Å². The molecule has 1 N–H and O–H groups in total. The minimum absolute atomic E-state index is 0.0803. The third-order valence-corrected chi connectivity index (χ3v) is 5.76. The SMILES string of the molecule is CCn1cc(C(=O)O)c(=O)c2cc(F)c(N3CCN(CC(=O)c4ccc(F)cc4)CC3)nc21. The number of carboxylic acids is 1. The summed E-state index contributed by atoms with van der Waals surface area (Å²) < 4.78 is 29.5. The van der Waals surface area contributed by atoms with Gasteiger partial charge in [-0.15, -0.1) is 0 Å². The molecule has 4 rings (SSSR count). The number of aromatic nitrogens is 2. The first-order valence-electron chi connectivity index (χ1n) is 10.5. The molecule has 0 unspecified atom stereocenters. The summed E-state index contributed by atoms with van der Waals surface area (Å²) in [6.07, 6.45) is 1.22. The van der Waals surface area contributed by atoms with Crippen LogP contribution in [0.5, 0.6) is 0 Å². The molecule has 0 radical (unpaired) electrons. The van der Waals surface area contributed by atoms with Crippen LogP contribution < -0.4 is 10.3 Å². The van der Waals surface area contributed by atoms with Crippen molar-refractivity contribution in [1.29, 1.82) is 0 Å². The van der Waals surface area contributed by atoms with Crippen molar-refractivity contribution in [3.63, 3.8) is 0 Å². The van der Waals surface area contributed by atoms with E-state index in [9.17, 15) is 28.3 Å². The van der Waals surface area contributed by atoms with Gasteiger partial charge in [-0.3, -0.25) is 14.5 Å². The number of nitrogens with zero attached hydrogens (tertiary/aromatic N) is 4. The zero-order valence-corrected chi connectivity index (χ0v) is 17.9. The van der Waals surface area contributed by atoms with Crippen molar-refractivity contribution >= 4 is 28.6 Å². The number of carbonyl (C=O) groups excluding carboxylic acids is 1. The van der Waals surface area contributed by atoms with Crippen LogP contribution >= 0.6 is 0 Å². The number of aromatic carboxylic acids is 1. The van der Waals surface area contributed by atoms with Crippen LogP contribution in [0.2, 0.25) is 0 Å². The van der Waals surface area contributed by atoms with Gasteiger partial charge in [-0.05, 0) is 37.3 Å². The number of ketones is 1. The molecule has 0 atom stereocenters. The van der Waals surface area contributed by atoms with Crippen LogP contribution in [0.4, 0.5) is 14.6 Å². The van der Waals surface area contributed by atoms with Crippen molar-refractivity contribution in [3.8, 4) is 0 Å². The number of Topliss-reactive ketones (excluding diaryl/α,β-unsaturated/α-hetero) is 1. The number of fused-ring (bicyclic) bond motifs is 1. The number of rotatable bonds is 6. The van der Waals surface area contributed by atoms with Crippen molar-refractivity contribution in [2.75, 3.05) is 37.6 Å². The molecule has 0 saturated carbocycles. The standard InChI is InChI=1S/C23H22F2N4O4/c1-2-28-12-17(23(32)33)20(31)16-11-18(25)22(26-21(16)28)29-9-7-27(8-10-29)13-19(30)14-3-5-15(24)6-4-14/h3-6,11-12H,2,7-10,13H2,1H3,(H,32,33). The Labute approximate surface area is 187 Å². The van der Waals surface area contributed by atoms with Gasteiger partial charge in [0.2, 0.25) is 5.43 Å². The molecule has 2 aromatic heterocycles. The van der Waals surface area contributed by atoms with Gasteiger partial charge in [-0.1, -0.05) is 0 Å². The van der Waals surface area contributed by atoms with Gasteiger partial charge >= 0.3 is 5.97 Å². The zero-order valence-electron chi connectivity index (χ0n) is 17.9. The normalized spacial score (nSPS) is 14.6. The topological polar surface area (TPSA) is 95.7 Å². The molecule has 172 valence electrons. The number of benzene rings is 1. The maximum absolute atomic E-state index is 14.9. The molecular weight excluding hydrogens is 434 g/mol. The average molecular weight is 456 g/mol. The summed E-state index contributed by atoms with van der Waals surface area (Å²) in [5.74, 6) is -2.53. The molecule has 1 fully saturated rings. The lowest BCUT2D eigenvalue weighted by molar-refractivity contribution is 0.0694. The first-order chi connectivity index (χ1) is 15.8. The minimum atomic E-state index is -1.38. The average Bonchev–Trinajstić information content (AvgIpc) is 2.80. The highest BCUT2D eigenvalue weighted by Gasteiger charge is 2.24. The summed E-state index contributed by atoms with van der Waals surface area (Å²) in [5, 5.41) is 9.18. The molecule has 0 amide bonds. The van der Waals surface area contributed by atoms with Crippen molar-refractivity contribution in [3.05, 3.63) is 69.5 Å². The number of pyridine rings is 2. The van der Waals surface area contributed by atoms with Crippen LogP contribution in [0.25, 0.3) is 11.0 Å². The fraction of sp³-hybridized carbons (Fsp3) is 0.304. The maximum atomic E-state index is 14.9. The number of anilines is 1. The molecular formula is C23H22F2N4O4. The summed E-state index contributed by atoms with van der Waals surface area (Å²) in [5.41, 5.74) is -0.556. The van der Waals surface area contributed by atoms with Gasteiger partial charge in [0, 0.05) is 44.5 Å². The second kappa shape index (κ2) is 9.07. The minimum Gasteiger partial charge on any atom is -0.477 e. The molecule has 3 heterocycles. The molecule has 1 aliphatic rings. The highest BCUT2D eigenvalue weighted by Crippen LogP contribution is 2.23. The molecule has 10 heteroatoms. The van der Waals surface area contributed by atoms with Crippen LogP contribution in [0.1, 0.15) is 27.6 Å². The van der Waals surface area contributed by atoms with E-state index >= 15 is 0 Å². The Hall–Kier alpha value is -3.66. The van der Waals surface area contributed by atoms with Gasteiger partial charge < -0.3 is 14.6 Å². The number of piperazine rings is 1. The predicted octanol–water partition coefficient (Wildman–Crippen LogP) is 2.40. The predicted molar refractivity (Wildman–Crippen MR) is 118 cm³/mol. The smallest absolute Gasteiger partial charge is 0.341 e. The fourth-order valence-electron chi connectivity index (χ4n) is 3.94. The van der Waals surface area contributed by atoms with Gasteiger partial charge in [0.05, 0.1) is 11.9 Å². The van der Waals surface area contributed by atoms with Crippen LogP contribution in [-0.4, -0.2) is 64.0 Å². The lowest BCUT2D eigenvalue weighted by Gasteiger charge is -2.35. The number of aryl methyl sites for hydroxylation is 1. The molecule has 1 saturated heterocycles. The van der Waals surface area contributed by atoms with E-state index in [-0.39, 0.29) is 29.2 Å². The Balaban J connectivity index is 1.53. The second-order valence-electron chi connectivity index (χ2n) is 7.82. The van der Waals surface area contributed by atoms with E-state index in [0.29, 0.717) is 38.3 Å². The molecule has 0 spiro atoms. The highest BCUT2D eigenvalue weighted by molar-refractivity contribution is 5.97. The van der Waals surface area contributed by atoms with E-state index in [2.05, 4.69) is 4.98 Å². The molecule has 33 heavy (non-hydrogen) atoms. The quantitative estimate of drug-likeness (QED) is 0.569. The van der Waals surface area contributed by atoms with Crippen molar-refractivity contribution < 1.29 is 23.5 Å². The van der Waals surface area contributed by atoms with E-state index in [4.69, 9.17) is 0 Å². The van der Waals surface area contributed by atoms with Gasteiger partial charge in [0.15, 0.2) is 17.4 Å². The lowest BCUT2D eigenvalue weighted by Crippen LogP contribution is -2.48. The molecule has 0 aliphatic carbocycles. The zero-order chi connectivity index (χ0) is 23.7. The van der Waals surface area contributed by atoms with Gasteiger partial charge in [-0.2, -0.15) is 0 Å². The Morgan fingerprint density at radius 2 is 1.76 bits per heavy atom. The maximum Gasteiger partial charge on any atom is 0.341 e. The monoisotopic (exact) mass is 456 g/mol. The van der Waals surface area contributed by atoms with Crippen molar-refractivity contribution in [2.24, 2.45) is 0 Å². The number of hydrogen-bond donors (Lipinski definition) is 1. The Kier molecular flexibility index (Phi) is 6.19. The molecule has 1 aliphatic heterocycles. The van der Waals surface area contributed by atoms with E-state index in [0.717, 1.165) is 6.07 Å². The Morgan fingerprint density at radius 1 is 1.09 bits per heavy atom. The van der Waals surface area contributed by atoms with Gasteiger partial charge in [0.1, 0.15) is 17.0 Å². The van der Waals surface area contributed by atoms with Crippen LogP contribution in [0.15, 0.2) is 41.3 Å². The van der Waals surface area contributed by atoms with Crippen LogP contribution in [0, 0.1) is 11.6 Å². The summed E-state index contributed by atoms with van der Waals surface area (Å²) in [7, 11) is 0. The number of halogens is 2. The number of carboxylic acid groups (broad SMARTS) is 1. The summed E-state index contributed by atoms with van der Waals surface area (Å²) in [6.45, 7) is 4.10. The van der Waals surface area contributed by atoms with Crippen molar-refractivity contribution in [2.45, 2.75) is 13.5 Å². The first-order valence-corrected chi connectivity index (χ1v) is 10.5. The Morgan fingerprint density at radius 3 is 2.36 bits per heavy atom. The molecule has 0 bridgehead atoms. The number of hydrogen-bond acceptors (Lipinski definition) is 6. The van der Waals surface area contributed by atoms with Gasteiger partial charge in [-0.25, -0.2) is 18.6 Å². The van der Waals surface area contributed by atoms with E-state index in [1.165, 1.54) is 35.0 Å². The van der Waals surface area contributed by atoms with Crippen molar-refractivity contribution in [1.82, 2.24) is 14.5 Å². The van der Waals surface area contributed by atoms with Gasteiger partial charge in [0.25, 0.3) is 0 Å². The third kappa shape index (κ3) is 4.47. The highest BCUT2D eigenvalue weighted by atomic mass is 19.1. The van der Waals surface area contributed by atoms with E-state index in [1.807, 2.05) is 4.90 Å². The largest absolute Gasteiger partial charge is 0.477 e. The summed E-state index contributed by atoms with van der Waals surface area (Å²) in [4.78, 5) is 44.3. The van der Waals surface area contributed by atoms with Crippen LogP contribution in [0.3, 0.4) is 0 Å². The number of carbonyl (C=O) groups is 2. The second-order valence-corrected chi connectivity index (χ2v) is 7.82. The first kappa shape index (κ1) is 22.5. The third-order valence-electron chi connectivity index (χ3n) is 5.76. The Bertz CT molecular complexity index is 1280. The summed E-state index contributed by atoms with van der Waals surface area (Å²) >= 11 is 0.